The molecule has 2 aromatic rings. The fourth-order valence-electron chi connectivity index (χ4n) is 2.92. The number of carbonyl (C=O) groups is 1. The summed E-state index contributed by atoms with van der Waals surface area (Å²) in [6, 6.07) is 4.68. The zero-order chi connectivity index (χ0) is 18.9. The first-order chi connectivity index (χ1) is 12.4. The molecule has 1 atom stereocenters. The first-order valence-electron chi connectivity index (χ1n) is 8.33. The lowest BCUT2D eigenvalue weighted by Gasteiger charge is -2.34. The Balaban J connectivity index is 2.18. The second-order valence-corrected chi connectivity index (χ2v) is 6.39. The molecule has 0 radical (unpaired) electrons. The maximum atomic E-state index is 14.3. The second-order valence-electron chi connectivity index (χ2n) is 6.39. The van der Waals surface area contributed by atoms with Gasteiger partial charge in [-0.2, -0.15) is 0 Å². The number of aromatic nitrogens is 1. The third-order valence-electron chi connectivity index (χ3n) is 4.37. The molecule has 1 aliphatic heterocycles. The smallest absolute Gasteiger partial charge is 0.357 e. The highest BCUT2D eigenvalue weighted by atomic mass is 19.1. The van der Waals surface area contributed by atoms with Gasteiger partial charge in [0.2, 0.25) is 5.88 Å². The van der Waals surface area contributed by atoms with Crippen LogP contribution >= 0.6 is 0 Å². The Labute approximate surface area is 149 Å². The van der Waals surface area contributed by atoms with Gasteiger partial charge in [-0.1, -0.05) is 0 Å². The second kappa shape index (κ2) is 6.99. The first kappa shape index (κ1) is 18.3. The zero-order valence-corrected chi connectivity index (χ0v) is 14.5. The average Bonchev–Trinajstić information content (AvgIpc) is 2.61. The van der Waals surface area contributed by atoms with Crippen molar-refractivity contribution >= 4 is 5.97 Å². The minimum atomic E-state index is -0.841. The topological polar surface area (TPSA) is 68.7 Å². The van der Waals surface area contributed by atoms with Gasteiger partial charge in [0.15, 0.2) is 5.69 Å². The highest BCUT2D eigenvalue weighted by Gasteiger charge is 2.34. The van der Waals surface area contributed by atoms with Crippen LogP contribution in [-0.2, 0) is 11.2 Å². The number of benzene rings is 1. The van der Waals surface area contributed by atoms with Gasteiger partial charge in [-0.15, -0.1) is 0 Å². The molecule has 0 bridgehead atoms. The molecule has 0 saturated carbocycles. The molecule has 0 spiro atoms. The van der Waals surface area contributed by atoms with Crippen molar-refractivity contribution in [3.05, 3.63) is 47.2 Å². The SMILES string of the molecule is CCOC(=O)c1cc(-c2ccc(F)cc2F)c2c(n1)OC(C)(CO)CC2. The van der Waals surface area contributed by atoms with Crippen molar-refractivity contribution in [2.75, 3.05) is 13.2 Å². The van der Waals surface area contributed by atoms with Gasteiger partial charge in [0.25, 0.3) is 0 Å². The normalized spacial score (nSPS) is 18.8. The predicted octanol–water partition coefficient (Wildman–Crippen LogP) is 3.28. The molecule has 0 aliphatic carbocycles. The van der Waals surface area contributed by atoms with Gasteiger partial charge in [0, 0.05) is 17.2 Å². The number of hydrogen-bond acceptors (Lipinski definition) is 5. The third-order valence-corrected chi connectivity index (χ3v) is 4.37. The first-order valence-corrected chi connectivity index (χ1v) is 8.33. The molecular weight excluding hydrogens is 344 g/mol. The summed E-state index contributed by atoms with van der Waals surface area (Å²) in [6.45, 7) is 3.33. The summed E-state index contributed by atoms with van der Waals surface area (Å²) in [5, 5.41) is 9.55. The Morgan fingerprint density at radius 1 is 1.35 bits per heavy atom. The van der Waals surface area contributed by atoms with Crippen LogP contribution in [0.25, 0.3) is 11.1 Å². The van der Waals surface area contributed by atoms with Crippen molar-refractivity contribution in [1.29, 1.82) is 0 Å². The van der Waals surface area contributed by atoms with Crippen molar-refractivity contribution in [2.45, 2.75) is 32.3 Å². The van der Waals surface area contributed by atoms with E-state index >= 15 is 0 Å². The highest BCUT2D eigenvalue weighted by molar-refractivity contribution is 5.90. The molecule has 1 aromatic carbocycles. The molecule has 1 aromatic heterocycles. The van der Waals surface area contributed by atoms with Gasteiger partial charge >= 0.3 is 5.97 Å². The van der Waals surface area contributed by atoms with E-state index in [0.29, 0.717) is 24.0 Å². The molecule has 7 heteroatoms. The largest absolute Gasteiger partial charge is 0.469 e. The van der Waals surface area contributed by atoms with Crippen molar-refractivity contribution in [1.82, 2.24) is 4.98 Å². The molecule has 1 N–H and O–H groups in total. The van der Waals surface area contributed by atoms with E-state index in [1.54, 1.807) is 13.8 Å². The molecular formula is C19H19F2NO4. The summed E-state index contributed by atoms with van der Waals surface area (Å²) in [5.74, 6) is -1.95. The van der Waals surface area contributed by atoms with Gasteiger partial charge in [0.05, 0.1) is 13.2 Å². The molecule has 2 heterocycles. The Morgan fingerprint density at radius 3 is 2.77 bits per heavy atom. The maximum absolute atomic E-state index is 14.3. The number of fused-ring (bicyclic) bond motifs is 1. The number of rotatable bonds is 4. The summed E-state index contributed by atoms with van der Waals surface area (Å²) in [6.07, 6.45) is 0.960. The van der Waals surface area contributed by atoms with E-state index in [9.17, 15) is 18.7 Å². The molecule has 0 fully saturated rings. The number of nitrogens with zero attached hydrogens (tertiary/aromatic N) is 1. The molecule has 1 unspecified atom stereocenters. The van der Waals surface area contributed by atoms with Crippen LogP contribution in [0.4, 0.5) is 8.78 Å². The van der Waals surface area contributed by atoms with E-state index < -0.39 is 23.2 Å². The Bertz CT molecular complexity index is 856. The van der Waals surface area contributed by atoms with Gasteiger partial charge < -0.3 is 14.6 Å². The van der Waals surface area contributed by atoms with E-state index in [0.717, 1.165) is 12.1 Å². The summed E-state index contributed by atoms with van der Waals surface area (Å²) in [7, 11) is 0. The summed E-state index contributed by atoms with van der Waals surface area (Å²) >= 11 is 0. The Hall–Kier alpha value is -2.54. The van der Waals surface area contributed by atoms with Crippen LogP contribution in [0.2, 0.25) is 0 Å². The van der Waals surface area contributed by atoms with E-state index in [-0.39, 0.29) is 30.4 Å². The molecule has 26 heavy (non-hydrogen) atoms. The minimum absolute atomic E-state index is 0.0356. The van der Waals surface area contributed by atoms with E-state index in [1.165, 1.54) is 12.1 Å². The van der Waals surface area contributed by atoms with Crippen molar-refractivity contribution in [3.8, 4) is 17.0 Å². The minimum Gasteiger partial charge on any atom is -0.469 e. The Morgan fingerprint density at radius 2 is 2.12 bits per heavy atom. The molecule has 138 valence electrons. The monoisotopic (exact) mass is 363 g/mol. The van der Waals surface area contributed by atoms with Gasteiger partial charge in [-0.25, -0.2) is 18.6 Å². The van der Waals surface area contributed by atoms with Gasteiger partial charge in [0.1, 0.15) is 17.2 Å². The predicted molar refractivity (Wildman–Crippen MR) is 90.0 cm³/mol. The third kappa shape index (κ3) is 3.39. The average molecular weight is 363 g/mol. The molecule has 5 nitrogen and oxygen atoms in total. The summed E-state index contributed by atoms with van der Waals surface area (Å²) < 4.78 is 38.4. The van der Waals surface area contributed by atoms with Gasteiger partial charge in [-0.3, -0.25) is 0 Å². The molecule has 0 saturated heterocycles. The zero-order valence-electron chi connectivity index (χ0n) is 14.5. The molecule has 0 amide bonds. The van der Waals surface area contributed by atoms with Crippen LogP contribution in [0, 0.1) is 11.6 Å². The number of hydrogen-bond donors (Lipinski definition) is 1. The van der Waals surface area contributed by atoms with Crippen LogP contribution in [0.3, 0.4) is 0 Å². The fraction of sp³-hybridized carbons (Fsp3) is 0.368. The lowest BCUT2D eigenvalue weighted by Crippen LogP contribution is -2.40. The van der Waals surface area contributed by atoms with Crippen molar-refractivity contribution < 1.29 is 28.2 Å². The number of carbonyl (C=O) groups excluding carboxylic acids is 1. The Kier molecular flexibility index (Phi) is 4.91. The van der Waals surface area contributed by atoms with Crippen molar-refractivity contribution in [3.63, 3.8) is 0 Å². The maximum Gasteiger partial charge on any atom is 0.357 e. The molecule has 3 rings (SSSR count). The van der Waals surface area contributed by atoms with Crippen LogP contribution in [-0.4, -0.2) is 34.9 Å². The quantitative estimate of drug-likeness (QED) is 0.845. The number of ether oxygens (including phenoxy) is 2. The fourth-order valence-corrected chi connectivity index (χ4v) is 2.92. The van der Waals surface area contributed by atoms with Crippen LogP contribution < -0.4 is 4.74 Å². The molecule has 1 aliphatic rings. The van der Waals surface area contributed by atoms with Gasteiger partial charge in [-0.05, 0) is 50.5 Å². The van der Waals surface area contributed by atoms with E-state index in [4.69, 9.17) is 9.47 Å². The number of esters is 1. The van der Waals surface area contributed by atoms with Crippen LogP contribution in [0.15, 0.2) is 24.3 Å². The van der Waals surface area contributed by atoms with E-state index in [2.05, 4.69) is 4.98 Å². The van der Waals surface area contributed by atoms with E-state index in [1.807, 2.05) is 0 Å². The number of aliphatic hydroxyl groups excluding tert-OH is 1. The van der Waals surface area contributed by atoms with Crippen LogP contribution in [0.1, 0.15) is 36.3 Å². The summed E-state index contributed by atoms with van der Waals surface area (Å²) in [4.78, 5) is 16.3. The van der Waals surface area contributed by atoms with Crippen LogP contribution in [0.5, 0.6) is 5.88 Å². The number of halogens is 2. The van der Waals surface area contributed by atoms with Crippen molar-refractivity contribution in [2.24, 2.45) is 0 Å². The standard InChI is InChI=1S/C19H19F2NO4/c1-3-25-18(24)16-9-14(12-5-4-11(20)8-15(12)21)13-6-7-19(2,10-23)26-17(13)22-16/h4-5,8-9,23H,3,6-7,10H2,1-2H3. The number of pyridine rings is 1. The number of aliphatic hydroxyl groups is 1. The summed E-state index contributed by atoms with van der Waals surface area (Å²) in [5.41, 5.74) is 0.273. The highest BCUT2D eigenvalue weighted by Crippen LogP contribution is 2.39. The lowest BCUT2D eigenvalue weighted by molar-refractivity contribution is 0.00374. The lowest BCUT2D eigenvalue weighted by atomic mass is 9.89.